The Morgan fingerprint density at radius 1 is 0.255 bits per heavy atom. The largest absolute Gasteiger partial charge is 0.135 e. The van der Waals surface area contributed by atoms with Crippen molar-refractivity contribution in [3.05, 3.63) is 158 Å². The van der Waals surface area contributed by atoms with E-state index in [2.05, 4.69) is 158 Å². The van der Waals surface area contributed by atoms with Gasteiger partial charge >= 0.3 is 0 Å². The van der Waals surface area contributed by atoms with E-state index in [0.29, 0.717) is 0 Å². The first-order valence-electron chi connectivity index (χ1n) is 17.3. The molecule has 0 bridgehead atoms. The molecule has 3 aromatic heterocycles. The maximum Gasteiger partial charge on any atom is 0.0362 e. The van der Waals surface area contributed by atoms with Gasteiger partial charge < -0.3 is 0 Å². The van der Waals surface area contributed by atoms with Crippen LogP contribution in [0.3, 0.4) is 0 Å². The molecular weight excluding hydrogens is 673 g/mol. The van der Waals surface area contributed by atoms with Gasteiger partial charge in [0.15, 0.2) is 0 Å². The summed E-state index contributed by atoms with van der Waals surface area (Å²) in [7, 11) is 0. The molecule has 0 saturated heterocycles. The van der Waals surface area contributed by atoms with Gasteiger partial charge in [0, 0.05) is 60.5 Å². The number of fused-ring (bicyclic) bond motifs is 13. The minimum Gasteiger partial charge on any atom is -0.135 e. The van der Waals surface area contributed by atoms with Gasteiger partial charge in [-0.3, -0.25) is 0 Å². The van der Waals surface area contributed by atoms with Crippen molar-refractivity contribution in [2.24, 2.45) is 0 Å². The maximum atomic E-state index is 2.45. The highest BCUT2D eigenvalue weighted by atomic mass is 32.1. The summed E-state index contributed by atoms with van der Waals surface area (Å²) in [6, 6.07) is 59.3. The lowest BCUT2D eigenvalue weighted by Gasteiger charge is -2.18. The Labute approximate surface area is 305 Å². The lowest BCUT2D eigenvalue weighted by Crippen LogP contribution is -1.90. The van der Waals surface area contributed by atoms with Crippen molar-refractivity contribution < 1.29 is 0 Å². The third-order valence-electron chi connectivity index (χ3n) is 10.8. The normalized spacial score (nSPS) is 12.3. The van der Waals surface area contributed by atoms with E-state index >= 15 is 0 Å². The Bertz CT molecular complexity index is 3370. The van der Waals surface area contributed by atoms with Crippen LogP contribution in [0.5, 0.6) is 0 Å². The average molecular weight is 699 g/mol. The lowest BCUT2D eigenvalue weighted by atomic mass is 9.85. The molecule has 3 heterocycles. The molecule has 0 unspecified atom stereocenters. The average Bonchev–Trinajstić information content (AvgIpc) is 3.86. The fourth-order valence-electron chi connectivity index (χ4n) is 8.61. The topological polar surface area (TPSA) is 0 Å². The lowest BCUT2D eigenvalue weighted by molar-refractivity contribution is 1.70. The summed E-state index contributed by atoms with van der Waals surface area (Å²) in [4.78, 5) is 0. The number of rotatable bonds is 2. The fourth-order valence-corrected chi connectivity index (χ4v) is 12.0. The third kappa shape index (κ3) is 4.00. The highest BCUT2D eigenvalue weighted by Gasteiger charge is 2.19. The highest BCUT2D eigenvalue weighted by Crippen LogP contribution is 2.48. The highest BCUT2D eigenvalue weighted by molar-refractivity contribution is 7.27. The monoisotopic (exact) mass is 698 g/mol. The van der Waals surface area contributed by atoms with Crippen molar-refractivity contribution in [3.8, 4) is 22.3 Å². The molecular formula is C48H26S3. The van der Waals surface area contributed by atoms with Crippen molar-refractivity contribution in [3.63, 3.8) is 0 Å². The summed E-state index contributed by atoms with van der Waals surface area (Å²) in [6.45, 7) is 0. The first-order chi connectivity index (χ1) is 25.3. The van der Waals surface area contributed by atoms with Crippen LogP contribution in [0.4, 0.5) is 0 Å². The Hall–Kier alpha value is -5.58. The molecule has 51 heavy (non-hydrogen) atoms. The second kappa shape index (κ2) is 10.5. The van der Waals surface area contributed by atoms with Gasteiger partial charge in [-0.1, -0.05) is 115 Å². The molecule has 0 saturated carbocycles. The van der Waals surface area contributed by atoms with Crippen molar-refractivity contribution in [1.29, 1.82) is 0 Å². The predicted molar refractivity (Wildman–Crippen MR) is 228 cm³/mol. The standard InChI is InChI=1S/C48H26S3/c1-3-13-35-33(11-1)46(28-17-20-32-30-9-5-7-15-40(30)49-43(32)24-28)34-12-2-4-14-36(34)47(35)29-18-21-37-44(25-29)51-42-22-19-27-23-39-31-10-6-8-16-41(31)50-45(39)26-38(27)48(37)42/h1-26H. The molecule has 9 aromatic carbocycles. The van der Waals surface area contributed by atoms with Gasteiger partial charge in [0.25, 0.3) is 0 Å². The van der Waals surface area contributed by atoms with Crippen molar-refractivity contribution in [1.82, 2.24) is 0 Å². The zero-order valence-corrected chi connectivity index (χ0v) is 29.7. The van der Waals surface area contributed by atoms with Crippen LogP contribution < -0.4 is 0 Å². The minimum absolute atomic E-state index is 1.27. The molecule has 12 rings (SSSR count). The Kier molecular flexibility index (Phi) is 5.78. The summed E-state index contributed by atoms with van der Waals surface area (Å²) in [5, 5.41) is 15.9. The summed E-state index contributed by atoms with van der Waals surface area (Å²) in [5.41, 5.74) is 5.16. The number of thiophene rings is 3. The predicted octanol–water partition coefficient (Wildman–Crippen LogP) is 15.6. The van der Waals surface area contributed by atoms with Gasteiger partial charge in [0.05, 0.1) is 0 Å². The molecule has 0 spiro atoms. The Morgan fingerprint density at radius 2 is 0.706 bits per heavy atom. The van der Waals surface area contributed by atoms with E-state index in [4.69, 9.17) is 0 Å². The van der Waals surface area contributed by atoms with Crippen LogP contribution in [0.2, 0.25) is 0 Å². The second-order valence-electron chi connectivity index (χ2n) is 13.6. The molecule has 0 N–H and O–H groups in total. The van der Waals surface area contributed by atoms with E-state index in [9.17, 15) is 0 Å². The molecule has 0 aliphatic heterocycles. The first-order valence-corrected chi connectivity index (χ1v) is 19.8. The Morgan fingerprint density at radius 3 is 1.31 bits per heavy atom. The first kappa shape index (κ1) is 28.2. The Balaban J connectivity index is 1.09. The smallest absolute Gasteiger partial charge is 0.0362 e. The second-order valence-corrected chi connectivity index (χ2v) is 16.8. The van der Waals surface area contributed by atoms with E-state index in [1.54, 1.807) is 0 Å². The van der Waals surface area contributed by atoms with E-state index in [0.717, 1.165) is 0 Å². The van der Waals surface area contributed by atoms with Crippen LogP contribution in [0, 0.1) is 0 Å². The van der Waals surface area contributed by atoms with Crippen LogP contribution in [0.1, 0.15) is 0 Å². The van der Waals surface area contributed by atoms with Gasteiger partial charge in [-0.25, -0.2) is 0 Å². The number of hydrogen-bond donors (Lipinski definition) is 0. The zero-order chi connectivity index (χ0) is 33.2. The maximum absolute atomic E-state index is 2.45. The van der Waals surface area contributed by atoms with Crippen LogP contribution >= 0.6 is 34.0 Å². The summed E-state index contributed by atoms with van der Waals surface area (Å²) >= 11 is 5.70. The van der Waals surface area contributed by atoms with Gasteiger partial charge in [0.2, 0.25) is 0 Å². The van der Waals surface area contributed by atoms with Crippen molar-refractivity contribution in [2.45, 2.75) is 0 Å². The fraction of sp³-hybridized carbons (Fsp3) is 0. The van der Waals surface area contributed by atoms with Gasteiger partial charge in [-0.2, -0.15) is 0 Å². The van der Waals surface area contributed by atoms with Crippen molar-refractivity contribution >= 4 is 127 Å². The molecule has 0 fully saturated rings. The minimum atomic E-state index is 1.27. The SMILES string of the molecule is c1ccc2c(c1)sc1cc(-c3c4ccccc4c(-c4ccc5c(c4)sc4ccc6cc7c(cc6c45)sc4ccccc47)c4ccccc34)ccc12. The third-order valence-corrected chi connectivity index (χ3v) is 14.2. The van der Waals surface area contributed by atoms with Crippen LogP contribution in [-0.2, 0) is 0 Å². The summed E-state index contributed by atoms with van der Waals surface area (Å²) < 4.78 is 8.06. The van der Waals surface area contributed by atoms with E-state index in [-0.39, 0.29) is 0 Å². The van der Waals surface area contributed by atoms with Crippen molar-refractivity contribution in [2.75, 3.05) is 0 Å². The van der Waals surface area contributed by atoms with E-state index < -0.39 is 0 Å². The molecule has 0 nitrogen and oxygen atoms in total. The van der Waals surface area contributed by atoms with Crippen LogP contribution in [0.25, 0.3) is 115 Å². The van der Waals surface area contributed by atoms with Crippen LogP contribution in [0.15, 0.2) is 158 Å². The molecule has 0 amide bonds. The van der Waals surface area contributed by atoms with E-state index in [1.165, 1.54) is 115 Å². The molecule has 0 aliphatic rings. The van der Waals surface area contributed by atoms with E-state index in [1.807, 2.05) is 34.0 Å². The quantitative estimate of drug-likeness (QED) is 0.158. The molecule has 236 valence electrons. The van der Waals surface area contributed by atoms with Gasteiger partial charge in [-0.15, -0.1) is 34.0 Å². The molecule has 12 aromatic rings. The summed E-state index contributed by atoms with van der Waals surface area (Å²) in [6.07, 6.45) is 0. The number of hydrogen-bond acceptors (Lipinski definition) is 3. The molecule has 3 heteroatoms. The molecule has 0 aliphatic carbocycles. The molecule has 0 atom stereocenters. The zero-order valence-electron chi connectivity index (χ0n) is 27.2. The number of benzene rings is 9. The summed E-state index contributed by atoms with van der Waals surface area (Å²) in [5.74, 6) is 0. The molecule has 0 radical (unpaired) electrons. The van der Waals surface area contributed by atoms with Gasteiger partial charge in [0.1, 0.15) is 0 Å². The van der Waals surface area contributed by atoms with Gasteiger partial charge in [-0.05, 0) is 97.0 Å². The van der Waals surface area contributed by atoms with Crippen LogP contribution in [-0.4, -0.2) is 0 Å².